The van der Waals surface area contributed by atoms with Crippen LogP contribution in [0.5, 0.6) is 0 Å². The number of furan rings is 1. The van der Waals surface area contributed by atoms with Gasteiger partial charge in [0.2, 0.25) is 11.8 Å². The van der Waals surface area contributed by atoms with Crippen LogP contribution in [0.2, 0.25) is 0 Å². The highest BCUT2D eigenvalue weighted by atomic mass is 16.3. The van der Waals surface area contributed by atoms with Gasteiger partial charge in [-0.1, -0.05) is 0 Å². The van der Waals surface area contributed by atoms with Crippen molar-refractivity contribution in [3.8, 4) is 11.1 Å². The number of nitrogens with zero attached hydrogens (tertiary/aromatic N) is 3. The SMILES string of the molecule is CC(=O)Nc1cc(-c2cn(C)c(=O)c3cc(CN4CCNC(=O)CC4C)oc23)ccn1. The molecule has 2 N–H and O–H groups in total. The summed E-state index contributed by atoms with van der Waals surface area (Å²) in [6.45, 7) is 5.22. The van der Waals surface area contributed by atoms with E-state index in [1.54, 1.807) is 37.6 Å². The number of carbonyl (C=O) groups is 2. The summed E-state index contributed by atoms with van der Waals surface area (Å²) in [6, 6.07) is 5.40. The summed E-state index contributed by atoms with van der Waals surface area (Å²) < 4.78 is 7.68. The number of fused-ring (bicyclic) bond motifs is 1. The molecule has 1 aliphatic rings. The molecule has 31 heavy (non-hydrogen) atoms. The summed E-state index contributed by atoms with van der Waals surface area (Å²) in [5.41, 5.74) is 1.86. The third-order valence-electron chi connectivity index (χ3n) is 5.46. The summed E-state index contributed by atoms with van der Waals surface area (Å²) in [6.07, 6.45) is 3.75. The molecule has 1 fully saturated rings. The number of amides is 2. The number of pyridine rings is 2. The van der Waals surface area contributed by atoms with Crippen LogP contribution in [0.25, 0.3) is 22.1 Å². The maximum atomic E-state index is 12.8. The lowest BCUT2D eigenvalue weighted by Crippen LogP contribution is -2.33. The minimum absolute atomic E-state index is 0.0448. The molecule has 2 amide bonds. The zero-order chi connectivity index (χ0) is 22.1. The number of nitrogens with one attached hydrogen (secondary N) is 2. The lowest BCUT2D eigenvalue weighted by atomic mass is 10.1. The van der Waals surface area contributed by atoms with E-state index in [1.165, 1.54) is 11.5 Å². The molecule has 0 bridgehead atoms. The third-order valence-corrected chi connectivity index (χ3v) is 5.46. The zero-order valence-corrected chi connectivity index (χ0v) is 17.8. The van der Waals surface area contributed by atoms with Crippen LogP contribution in [0.4, 0.5) is 5.82 Å². The Hall–Kier alpha value is -3.46. The quantitative estimate of drug-likeness (QED) is 0.663. The highest BCUT2D eigenvalue weighted by Gasteiger charge is 2.23. The summed E-state index contributed by atoms with van der Waals surface area (Å²) in [7, 11) is 1.70. The normalized spacial score (nSPS) is 17.4. The largest absolute Gasteiger partial charge is 0.459 e. The first-order chi connectivity index (χ1) is 14.8. The first-order valence-corrected chi connectivity index (χ1v) is 10.2. The molecule has 0 aliphatic carbocycles. The van der Waals surface area contributed by atoms with E-state index in [-0.39, 0.29) is 23.4 Å². The first kappa shape index (κ1) is 20.8. The molecule has 1 atom stereocenters. The summed E-state index contributed by atoms with van der Waals surface area (Å²) >= 11 is 0. The van der Waals surface area contributed by atoms with Crippen molar-refractivity contribution in [2.45, 2.75) is 32.9 Å². The first-order valence-electron chi connectivity index (χ1n) is 10.2. The third kappa shape index (κ3) is 4.36. The van der Waals surface area contributed by atoms with E-state index in [1.807, 2.05) is 6.92 Å². The van der Waals surface area contributed by atoms with Crippen LogP contribution in [0.1, 0.15) is 26.0 Å². The van der Waals surface area contributed by atoms with Crippen LogP contribution < -0.4 is 16.2 Å². The molecule has 1 aliphatic heterocycles. The molecule has 0 saturated carbocycles. The van der Waals surface area contributed by atoms with Gasteiger partial charge in [0.1, 0.15) is 17.2 Å². The van der Waals surface area contributed by atoms with Crippen molar-refractivity contribution in [1.82, 2.24) is 19.8 Å². The zero-order valence-electron chi connectivity index (χ0n) is 17.8. The Labute approximate surface area is 179 Å². The van der Waals surface area contributed by atoms with Gasteiger partial charge < -0.3 is 19.6 Å². The molecule has 3 aromatic rings. The molecule has 0 radical (unpaired) electrons. The summed E-state index contributed by atoms with van der Waals surface area (Å²) in [4.78, 5) is 42.2. The average molecular weight is 423 g/mol. The highest BCUT2D eigenvalue weighted by molar-refractivity contribution is 5.93. The Morgan fingerprint density at radius 2 is 2.16 bits per heavy atom. The molecule has 9 nitrogen and oxygen atoms in total. The van der Waals surface area contributed by atoms with Crippen molar-refractivity contribution < 1.29 is 14.0 Å². The van der Waals surface area contributed by atoms with Gasteiger partial charge in [0.05, 0.1) is 11.9 Å². The summed E-state index contributed by atoms with van der Waals surface area (Å²) in [5.74, 6) is 0.921. The average Bonchev–Trinajstić information content (AvgIpc) is 3.06. The second-order valence-corrected chi connectivity index (χ2v) is 7.90. The topological polar surface area (TPSA) is 109 Å². The standard InChI is InChI=1S/C22H25N5O4/c1-13-8-20(29)24-6-7-27(13)11-16-10-17-21(31-16)18(12-26(3)22(17)30)15-4-5-23-19(9-15)25-14(2)28/h4-5,9-10,12-13H,6-8,11H2,1-3H3,(H,24,29)(H,23,25,28). The van der Waals surface area contributed by atoms with Crippen molar-refractivity contribution in [3.63, 3.8) is 0 Å². The number of hydrogen-bond acceptors (Lipinski definition) is 6. The molecule has 1 saturated heterocycles. The number of rotatable bonds is 4. The lowest BCUT2D eigenvalue weighted by Gasteiger charge is -2.24. The second-order valence-electron chi connectivity index (χ2n) is 7.90. The van der Waals surface area contributed by atoms with E-state index in [0.29, 0.717) is 48.6 Å². The fraction of sp³-hybridized carbons (Fsp3) is 0.364. The van der Waals surface area contributed by atoms with Gasteiger partial charge in [-0.2, -0.15) is 0 Å². The molecule has 3 aromatic heterocycles. The van der Waals surface area contributed by atoms with Crippen molar-refractivity contribution in [2.75, 3.05) is 18.4 Å². The van der Waals surface area contributed by atoms with Crippen LogP contribution in [0.3, 0.4) is 0 Å². The van der Waals surface area contributed by atoms with E-state index in [2.05, 4.69) is 20.5 Å². The Kier molecular flexibility index (Phi) is 5.60. The number of aryl methyl sites for hydroxylation is 1. The van der Waals surface area contributed by atoms with Crippen molar-refractivity contribution in [3.05, 3.63) is 46.7 Å². The highest BCUT2D eigenvalue weighted by Crippen LogP contribution is 2.30. The molecular weight excluding hydrogens is 398 g/mol. The predicted octanol–water partition coefficient (Wildman–Crippen LogP) is 1.86. The number of hydrogen-bond donors (Lipinski definition) is 2. The molecule has 0 spiro atoms. The summed E-state index contributed by atoms with van der Waals surface area (Å²) in [5, 5.41) is 6.05. The Bertz CT molecular complexity index is 1210. The van der Waals surface area contributed by atoms with Crippen molar-refractivity contribution in [2.24, 2.45) is 7.05 Å². The van der Waals surface area contributed by atoms with E-state index >= 15 is 0 Å². The maximum Gasteiger partial charge on any atom is 0.261 e. The molecule has 1 unspecified atom stereocenters. The van der Waals surface area contributed by atoms with Crippen LogP contribution in [-0.4, -0.2) is 45.4 Å². The Morgan fingerprint density at radius 1 is 1.35 bits per heavy atom. The molecular formula is C22H25N5O4. The maximum absolute atomic E-state index is 12.8. The fourth-order valence-corrected chi connectivity index (χ4v) is 3.90. The van der Waals surface area contributed by atoms with Crippen LogP contribution in [-0.2, 0) is 23.2 Å². The van der Waals surface area contributed by atoms with Gasteiger partial charge in [-0.15, -0.1) is 0 Å². The van der Waals surface area contributed by atoms with Crippen LogP contribution >= 0.6 is 0 Å². The van der Waals surface area contributed by atoms with Crippen LogP contribution in [0, 0.1) is 0 Å². The predicted molar refractivity (Wildman–Crippen MR) is 116 cm³/mol. The van der Waals surface area contributed by atoms with Gasteiger partial charge >= 0.3 is 0 Å². The second kappa shape index (κ2) is 8.35. The fourth-order valence-electron chi connectivity index (χ4n) is 3.90. The Morgan fingerprint density at radius 3 is 2.94 bits per heavy atom. The van der Waals surface area contributed by atoms with E-state index in [0.717, 1.165) is 11.1 Å². The minimum Gasteiger partial charge on any atom is -0.459 e. The van der Waals surface area contributed by atoms with Gasteiger partial charge in [0.15, 0.2) is 0 Å². The Balaban J connectivity index is 1.74. The molecule has 162 valence electrons. The molecule has 4 rings (SSSR count). The lowest BCUT2D eigenvalue weighted by molar-refractivity contribution is -0.121. The van der Waals surface area contributed by atoms with E-state index in [9.17, 15) is 14.4 Å². The van der Waals surface area contributed by atoms with Gasteiger partial charge in [0, 0.05) is 57.5 Å². The number of anilines is 1. The van der Waals surface area contributed by atoms with E-state index in [4.69, 9.17) is 4.42 Å². The monoisotopic (exact) mass is 423 g/mol. The van der Waals surface area contributed by atoms with Gasteiger partial charge in [-0.05, 0) is 30.7 Å². The number of carbonyl (C=O) groups excluding carboxylic acids is 2. The minimum atomic E-state index is -0.213. The van der Waals surface area contributed by atoms with Gasteiger partial charge in [0.25, 0.3) is 5.56 Å². The van der Waals surface area contributed by atoms with Crippen LogP contribution in [0.15, 0.2) is 39.8 Å². The van der Waals surface area contributed by atoms with Crippen molar-refractivity contribution in [1.29, 1.82) is 0 Å². The number of aromatic nitrogens is 2. The smallest absolute Gasteiger partial charge is 0.261 e. The molecule has 4 heterocycles. The van der Waals surface area contributed by atoms with E-state index < -0.39 is 0 Å². The molecule has 9 heteroatoms. The van der Waals surface area contributed by atoms with Gasteiger partial charge in [-0.25, -0.2) is 4.98 Å². The van der Waals surface area contributed by atoms with Crippen molar-refractivity contribution >= 4 is 28.6 Å². The van der Waals surface area contributed by atoms with Gasteiger partial charge in [-0.3, -0.25) is 19.3 Å². The molecule has 0 aromatic carbocycles.